The van der Waals surface area contributed by atoms with Gasteiger partial charge in [0.2, 0.25) is 10.0 Å². The van der Waals surface area contributed by atoms with Gasteiger partial charge < -0.3 is 0 Å². The Hall–Kier alpha value is -1.20. The predicted molar refractivity (Wildman–Crippen MR) is 80.4 cm³/mol. The number of sulfonamides is 1. The molecule has 5 heteroatoms. The molecule has 0 heterocycles. The molecule has 0 unspecified atom stereocenters. The molecule has 0 fully saturated rings. The molecule has 0 atom stereocenters. The van der Waals surface area contributed by atoms with Gasteiger partial charge in [-0.2, -0.15) is 0 Å². The van der Waals surface area contributed by atoms with Crippen molar-refractivity contribution in [3.8, 4) is 0 Å². The summed E-state index contributed by atoms with van der Waals surface area (Å²) in [7, 11) is -3.46. The fraction of sp³-hybridized carbons (Fsp3) is 0.533. The molecular formula is C15H23NO3S. The Morgan fingerprint density at radius 2 is 1.70 bits per heavy atom. The van der Waals surface area contributed by atoms with Crippen molar-refractivity contribution in [2.45, 2.75) is 50.8 Å². The maximum atomic E-state index is 12.0. The van der Waals surface area contributed by atoms with E-state index in [1.807, 2.05) is 6.92 Å². The number of Topliss-reactive ketones (excluding diaryl/α,β-unsaturated/α-hetero) is 1. The van der Waals surface area contributed by atoms with Crippen molar-refractivity contribution < 1.29 is 13.2 Å². The second kappa shape index (κ2) is 8.17. The van der Waals surface area contributed by atoms with E-state index in [1.165, 1.54) is 12.1 Å². The Morgan fingerprint density at radius 1 is 1.05 bits per heavy atom. The van der Waals surface area contributed by atoms with Gasteiger partial charge in [-0.3, -0.25) is 4.79 Å². The van der Waals surface area contributed by atoms with E-state index in [-0.39, 0.29) is 10.7 Å². The van der Waals surface area contributed by atoms with Crippen molar-refractivity contribution in [2.75, 3.05) is 6.54 Å². The van der Waals surface area contributed by atoms with E-state index >= 15 is 0 Å². The number of hydrogen-bond acceptors (Lipinski definition) is 3. The maximum Gasteiger partial charge on any atom is 0.240 e. The summed E-state index contributed by atoms with van der Waals surface area (Å²) in [5.41, 5.74) is 0.566. The maximum absolute atomic E-state index is 12.0. The number of unbranched alkanes of at least 4 members (excludes halogenated alkanes) is 2. The van der Waals surface area contributed by atoms with E-state index in [1.54, 1.807) is 12.1 Å². The van der Waals surface area contributed by atoms with E-state index < -0.39 is 10.0 Å². The number of carbonyl (C=O) groups is 1. The quantitative estimate of drug-likeness (QED) is 0.562. The zero-order chi connectivity index (χ0) is 15.0. The number of benzene rings is 1. The van der Waals surface area contributed by atoms with E-state index in [0.29, 0.717) is 18.5 Å². The molecule has 0 radical (unpaired) electrons. The van der Waals surface area contributed by atoms with Gasteiger partial charge in [0.25, 0.3) is 0 Å². The van der Waals surface area contributed by atoms with Crippen LogP contribution in [0.3, 0.4) is 0 Å². The molecule has 0 aliphatic heterocycles. The molecule has 1 N–H and O–H groups in total. The van der Waals surface area contributed by atoms with Crippen LogP contribution in [0.5, 0.6) is 0 Å². The molecule has 0 aliphatic rings. The molecule has 1 rings (SSSR count). The predicted octanol–water partition coefficient (Wildman–Crippen LogP) is 3.14. The summed E-state index contributed by atoms with van der Waals surface area (Å²) in [6, 6.07) is 6.15. The van der Waals surface area contributed by atoms with Gasteiger partial charge in [-0.25, -0.2) is 13.1 Å². The highest BCUT2D eigenvalue weighted by Crippen LogP contribution is 2.12. The summed E-state index contributed by atoms with van der Waals surface area (Å²) >= 11 is 0. The minimum atomic E-state index is -3.46. The van der Waals surface area contributed by atoms with Crippen LogP contribution in [-0.4, -0.2) is 20.7 Å². The van der Waals surface area contributed by atoms with Gasteiger partial charge in [0, 0.05) is 18.5 Å². The molecule has 0 saturated heterocycles. The fourth-order valence-corrected chi connectivity index (χ4v) is 2.93. The Balaban J connectivity index is 2.69. The number of ketones is 1. The number of carbonyl (C=O) groups excluding carboxylic acids is 1. The summed E-state index contributed by atoms with van der Waals surface area (Å²) in [6.07, 6.45) is 4.17. The third-order valence-corrected chi connectivity index (χ3v) is 4.51. The lowest BCUT2D eigenvalue weighted by Gasteiger charge is -2.07. The zero-order valence-corrected chi connectivity index (χ0v) is 13.0. The SMILES string of the molecule is CCCCCNS(=O)(=O)c1ccc(C(=O)CCC)cc1. The lowest BCUT2D eigenvalue weighted by Crippen LogP contribution is -2.24. The first-order valence-corrected chi connectivity index (χ1v) is 8.62. The van der Waals surface area contributed by atoms with Crippen LogP contribution in [-0.2, 0) is 10.0 Å². The van der Waals surface area contributed by atoms with E-state index in [9.17, 15) is 13.2 Å². The summed E-state index contributed by atoms with van der Waals surface area (Å²) in [4.78, 5) is 11.9. The van der Waals surface area contributed by atoms with E-state index in [4.69, 9.17) is 0 Å². The van der Waals surface area contributed by atoms with Crippen LogP contribution in [0.4, 0.5) is 0 Å². The lowest BCUT2D eigenvalue weighted by molar-refractivity contribution is 0.0981. The molecule has 1 aromatic rings. The Morgan fingerprint density at radius 3 is 2.25 bits per heavy atom. The van der Waals surface area contributed by atoms with Gasteiger partial charge in [0.15, 0.2) is 5.78 Å². The minimum absolute atomic E-state index is 0.0485. The lowest BCUT2D eigenvalue weighted by atomic mass is 10.1. The molecule has 4 nitrogen and oxygen atoms in total. The smallest absolute Gasteiger partial charge is 0.240 e. The summed E-state index contributed by atoms with van der Waals surface area (Å²) in [6.45, 7) is 4.46. The first-order chi connectivity index (χ1) is 9.51. The highest BCUT2D eigenvalue weighted by molar-refractivity contribution is 7.89. The Kier molecular flexibility index (Phi) is 6.88. The average Bonchev–Trinajstić information content (AvgIpc) is 2.44. The molecular weight excluding hydrogens is 274 g/mol. The van der Waals surface area contributed by atoms with Gasteiger partial charge in [-0.1, -0.05) is 38.8 Å². The van der Waals surface area contributed by atoms with Crippen LogP contribution in [0.25, 0.3) is 0 Å². The summed E-state index contributed by atoms with van der Waals surface area (Å²) in [5, 5.41) is 0. The largest absolute Gasteiger partial charge is 0.294 e. The van der Waals surface area contributed by atoms with Gasteiger partial charge in [0.1, 0.15) is 0 Å². The van der Waals surface area contributed by atoms with Crippen molar-refractivity contribution in [1.82, 2.24) is 4.72 Å². The van der Waals surface area contributed by atoms with Crippen molar-refractivity contribution in [1.29, 1.82) is 0 Å². The highest BCUT2D eigenvalue weighted by atomic mass is 32.2. The van der Waals surface area contributed by atoms with Crippen LogP contribution in [0.1, 0.15) is 56.3 Å². The molecule has 0 bridgehead atoms. The third kappa shape index (κ3) is 5.06. The van der Waals surface area contributed by atoms with Gasteiger partial charge in [-0.15, -0.1) is 0 Å². The first kappa shape index (κ1) is 16.9. The second-order valence-corrected chi connectivity index (χ2v) is 6.57. The van der Waals surface area contributed by atoms with Gasteiger partial charge in [0.05, 0.1) is 4.90 Å². The van der Waals surface area contributed by atoms with E-state index in [2.05, 4.69) is 11.6 Å². The van der Waals surface area contributed by atoms with Crippen molar-refractivity contribution in [3.05, 3.63) is 29.8 Å². The minimum Gasteiger partial charge on any atom is -0.294 e. The Bertz CT molecular complexity index is 521. The Labute approximate surface area is 121 Å². The third-order valence-electron chi connectivity index (χ3n) is 3.04. The number of rotatable bonds is 9. The van der Waals surface area contributed by atoms with E-state index in [0.717, 1.165) is 25.7 Å². The molecule has 1 aromatic carbocycles. The first-order valence-electron chi connectivity index (χ1n) is 7.14. The van der Waals surface area contributed by atoms with Crippen LogP contribution in [0, 0.1) is 0 Å². The fourth-order valence-electron chi connectivity index (χ4n) is 1.86. The number of nitrogens with one attached hydrogen (secondary N) is 1. The molecule has 0 spiro atoms. The molecule has 0 aromatic heterocycles. The van der Waals surface area contributed by atoms with Crippen molar-refractivity contribution >= 4 is 15.8 Å². The van der Waals surface area contributed by atoms with Crippen LogP contribution < -0.4 is 4.72 Å². The molecule has 0 amide bonds. The van der Waals surface area contributed by atoms with Crippen LogP contribution in [0.15, 0.2) is 29.2 Å². The topological polar surface area (TPSA) is 63.2 Å². The highest BCUT2D eigenvalue weighted by Gasteiger charge is 2.14. The van der Waals surface area contributed by atoms with Crippen molar-refractivity contribution in [3.63, 3.8) is 0 Å². The van der Waals surface area contributed by atoms with Crippen LogP contribution >= 0.6 is 0 Å². The zero-order valence-electron chi connectivity index (χ0n) is 12.2. The van der Waals surface area contributed by atoms with Crippen molar-refractivity contribution in [2.24, 2.45) is 0 Å². The second-order valence-electron chi connectivity index (χ2n) is 4.80. The summed E-state index contributed by atoms with van der Waals surface area (Å²) in [5.74, 6) is 0.0485. The molecule has 0 aliphatic carbocycles. The summed E-state index contributed by atoms with van der Waals surface area (Å²) < 4.78 is 26.6. The number of hydrogen-bond donors (Lipinski definition) is 1. The van der Waals surface area contributed by atoms with Gasteiger partial charge >= 0.3 is 0 Å². The molecule has 20 heavy (non-hydrogen) atoms. The normalized spacial score (nSPS) is 11.5. The standard InChI is InChI=1S/C15H23NO3S/c1-3-5-6-12-16-20(18,19)14-10-8-13(9-11-14)15(17)7-4-2/h8-11,16H,3-7,12H2,1-2H3. The van der Waals surface area contributed by atoms with Crippen LogP contribution in [0.2, 0.25) is 0 Å². The average molecular weight is 297 g/mol. The monoisotopic (exact) mass is 297 g/mol. The molecule has 112 valence electrons. The molecule has 0 saturated carbocycles. The van der Waals surface area contributed by atoms with Gasteiger partial charge in [-0.05, 0) is 25.0 Å².